The van der Waals surface area contributed by atoms with Gasteiger partial charge in [0.15, 0.2) is 0 Å². The van der Waals surface area contributed by atoms with Crippen LogP contribution in [0.5, 0.6) is 0 Å². The van der Waals surface area contributed by atoms with Crippen LogP contribution in [-0.4, -0.2) is 53.9 Å². The summed E-state index contributed by atoms with van der Waals surface area (Å²) in [5.74, 6) is -0.873. The molecule has 0 amide bonds. The van der Waals surface area contributed by atoms with Crippen molar-refractivity contribution in [2.75, 3.05) is 20.3 Å². The molecule has 0 bridgehead atoms. The second-order valence-electron chi connectivity index (χ2n) is 5.54. The quantitative estimate of drug-likeness (QED) is 0.745. The van der Waals surface area contributed by atoms with Gasteiger partial charge in [0, 0.05) is 25.7 Å². The van der Waals surface area contributed by atoms with Gasteiger partial charge in [-0.2, -0.15) is 0 Å². The maximum absolute atomic E-state index is 11.3. The third kappa shape index (κ3) is 3.67. The number of carbonyl (C=O) groups is 1. The molecule has 0 radical (unpaired) electrons. The fourth-order valence-electron chi connectivity index (χ4n) is 2.81. The molecule has 0 aromatic carbocycles. The fraction of sp³-hybridized carbons (Fsp3) is 0.923. The van der Waals surface area contributed by atoms with Crippen LogP contribution in [0, 0.1) is 0 Å². The molecule has 0 aromatic heterocycles. The van der Waals surface area contributed by atoms with E-state index in [9.17, 15) is 9.90 Å². The Morgan fingerprint density at radius 2 is 2.28 bits per heavy atom. The number of hydrogen-bond acceptors (Lipinski definition) is 4. The topological polar surface area (TPSA) is 75.8 Å². The molecule has 5 nitrogen and oxygen atoms in total. The minimum atomic E-state index is -1.05. The van der Waals surface area contributed by atoms with Gasteiger partial charge in [0.1, 0.15) is 5.54 Å². The Labute approximate surface area is 109 Å². The molecule has 0 heterocycles. The van der Waals surface area contributed by atoms with E-state index in [1.54, 1.807) is 7.11 Å². The molecule has 3 N–H and O–H groups in total. The summed E-state index contributed by atoms with van der Waals surface area (Å²) in [7, 11) is 1.68. The van der Waals surface area contributed by atoms with Gasteiger partial charge in [0.25, 0.3) is 0 Å². The van der Waals surface area contributed by atoms with Gasteiger partial charge >= 0.3 is 5.97 Å². The average molecular weight is 258 g/mol. The maximum Gasteiger partial charge on any atom is 0.323 e. The van der Waals surface area contributed by atoms with E-state index >= 15 is 0 Å². The van der Waals surface area contributed by atoms with Gasteiger partial charge in [0.05, 0.1) is 6.61 Å². The van der Waals surface area contributed by atoms with Crippen molar-refractivity contribution < 1.29 is 14.6 Å². The summed E-state index contributed by atoms with van der Waals surface area (Å²) in [4.78, 5) is 13.6. The Morgan fingerprint density at radius 1 is 1.61 bits per heavy atom. The normalized spacial score (nSPS) is 28.9. The summed E-state index contributed by atoms with van der Waals surface area (Å²) < 4.78 is 5.12. The number of aliphatic carboxylic acids is 1. The monoisotopic (exact) mass is 258 g/mol. The second-order valence-corrected chi connectivity index (χ2v) is 5.54. The highest BCUT2D eigenvalue weighted by atomic mass is 16.5. The Morgan fingerprint density at radius 3 is 2.78 bits per heavy atom. The Hall–Kier alpha value is -0.650. The lowest BCUT2D eigenvalue weighted by atomic mass is 9.79. The van der Waals surface area contributed by atoms with Crippen LogP contribution in [0.25, 0.3) is 0 Å². The molecular weight excluding hydrogens is 232 g/mol. The van der Waals surface area contributed by atoms with Gasteiger partial charge in [-0.15, -0.1) is 0 Å². The summed E-state index contributed by atoms with van der Waals surface area (Å²) in [6.45, 7) is 5.75. The van der Waals surface area contributed by atoms with E-state index in [1.807, 2.05) is 0 Å². The van der Waals surface area contributed by atoms with Crippen LogP contribution in [0.15, 0.2) is 0 Å². The maximum atomic E-state index is 11.3. The Kier molecular flexibility index (Phi) is 5.56. The van der Waals surface area contributed by atoms with E-state index in [0.29, 0.717) is 25.5 Å². The van der Waals surface area contributed by atoms with Crippen LogP contribution in [-0.2, 0) is 9.53 Å². The zero-order valence-electron chi connectivity index (χ0n) is 11.7. The molecule has 1 fully saturated rings. The molecule has 106 valence electrons. The predicted molar refractivity (Wildman–Crippen MR) is 70.5 cm³/mol. The fourth-order valence-corrected chi connectivity index (χ4v) is 2.81. The summed E-state index contributed by atoms with van der Waals surface area (Å²) in [6.07, 6.45) is 3.01. The highest BCUT2D eigenvalue weighted by Gasteiger charge is 2.41. The number of methoxy groups -OCH3 is 1. The van der Waals surface area contributed by atoms with Crippen molar-refractivity contribution in [3.8, 4) is 0 Å². The standard InChI is InChI=1S/C13H26N2O3/c1-10(2)15(7-8-18-3)11-5-4-6-13(14,9-11)12(16)17/h10-11H,4-9,14H2,1-3H3,(H,16,17). The molecule has 1 aliphatic rings. The van der Waals surface area contributed by atoms with Crippen molar-refractivity contribution in [3.63, 3.8) is 0 Å². The molecule has 1 saturated carbocycles. The second kappa shape index (κ2) is 6.50. The number of nitrogens with zero attached hydrogens (tertiary/aromatic N) is 1. The summed E-state index contributed by atoms with van der Waals surface area (Å²) >= 11 is 0. The number of rotatable bonds is 6. The van der Waals surface area contributed by atoms with Gasteiger partial charge in [0.2, 0.25) is 0 Å². The van der Waals surface area contributed by atoms with E-state index in [1.165, 1.54) is 0 Å². The Bertz CT molecular complexity index is 283. The number of carboxylic acid groups (broad SMARTS) is 1. The minimum absolute atomic E-state index is 0.245. The molecule has 5 heteroatoms. The molecule has 1 aliphatic carbocycles. The van der Waals surface area contributed by atoms with Crippen LogP contribution < -0.4 is 5.73 Å². The summed E-state index contributed by atoms with van der Waals surface area (Å²) in [5.41, 5.74) is 4.95. The van der Waals surface area contributed by atoms with Gasteiger partial charge in [-0.05, 0) is 39.5 Å². The molecule has 18 heavy (non-hydrogen) atoms. The van der Waals surface area contributed by atoms with Crippen molar-refractivity contribution in [1.82, 2.24) is 4.90 Å². The van der Waals surface area contributed by atoms with Crippen molar-refractivity contribution in [3.05, 3.63) is 0 Å². The zero-order valence-corrected chi connectivity index (χ0v) is 11.7. The van der Waals surface area contributed by atoms with E-state index in [-0.39, 0.29) is 6.04 Å². The molecule has 2 atom stereocenters. The smallest absolute Gasteiger partial charge is 0.323 e. The van der Waals surface area contributed by atoms with Crippen molar-refractivity contribution in [2.45, 2.75) is 57.2 Å². The van der Waals surface area contributed by atoms with Gasteiger partial charge < -0.3 is 15.6 Å². The highest BCUT2D eigenvalue weighted by Crippen LogP contribution is 2.30. The van der Waals surface area contributed by atoms with Crippen LogP contribution in [0.2, 0.25) is 0 Å². The molecule has 0 aromatic rings. The largest absolute Gasteiger partial charge is 0.480 e. The molecule has 0 saturated heterocycles. The van der Waals surface area contributed by atoms with Crippen molar-refractivity contribution in [2.24, 2.45) is 5.73 Å². The first-order valence-electron chi connectivity index (χ1n) is 6.67. The van der Waals surface area contributed by atoms with Crippen LogP contribution in [0.3, 0.4) is 0 Å². The van der Waals surface area contributed by atoms with E-state index in [2.05, 4.69) is 18.7 Å². The van der Waals surface area contributed by atoms with E-state index < -0.39 is 11.5 Å². The third-order valence-corrected chi connectivity index (χ3v) is 3.87. The van der Waals surface area contributed by atoms with Gasteiger partial charge in [-0.25, -0.2) is 0 Å². The number of hydrogen-bond donors (Lipinski definition) is 2. The SMILES string of the molecule is COCCN(C(C)C)C1CCCC(N)(C(=O)O)C1. The lowest BCUT2D eigenvalue weighted by Crippen LogP contribution is -2.57. The van der Waals surface area contributed by atoms with Crippen LogP contribution >= 0.6 is 0 Å². The molecular formula is C13H26N2O3. The lowest BCUT2D eigenvalue weighted by molar-refractivity contribution is -0.145. The molecule has 0 spiro atoms. The van der Waals surface area contributed by atoms with E-state index in [0.717, 1.165) is 19.4 Å². The van der Waals surface area contributed by atoms with Crippen molar-refractivity contribution in [1.29, 1.82) is 0 Å². The minimum Gasteiger partial charge on any atom is -0.480 e. The number of carboxylic acids is 1. The van der Waals surface area contributed by atoms with E-state index in [4.69, 9.17) is 10.5 Å². The number of ether oxygens (including phenoxy) is 1. The Balaban J connectivity index is 2.70. The van der Waals surface area contributed by atoms with Gasteiger partial charge in [-0.3, -0.25) is 9.69 Å². The van der Waals surface area contributed by atoms with Crippen LogP contribution in [0.4, 0.5) is 0 Å². The van der Waals surface area contributed by atoms with Crippen molar-refractivity contribution >= 4 is 5.97 Å². The number of nitrogens with two attached hydrogens (primary N) is 1. The van der Waals surface area contributed by atoms with Gasteiger partial charge in [-0.1, -0.05) is 0 Å². The third-order valence-electron chi connectivity index (χ3n) is 3.87. The van der Waals surface area contributed by atoms with Crippen LogP contribution in [0.1, 0.15) is 39.5 Å². The molecule has 2 unspecified atom stereocenters. The predicted octanol–water partition coefficient (Wildman–Crippen LogP) is 1.07. The zero-order chi connectivity index (χ0) is 13.8. The summed E-state index contributed by atoms with van der Waals surface area (Å²) in [6, 6.07) is 0.622. The average Bonchev–Trinajstić information content (AvgIpc) is 2.29. The lowest BCUT2D eigenvalue weighted by Gasteiger charge is -2.42. The first-order valence-corrected chi connectivity index (χ1v) is 6.67. The highest BCUT2D eigenvalue weighted by molar-refractivity contribution is 5.78. The molecule has 1 rings (SSSR count). The summed E-state index contributed by atoms with van der Waals surface area (Å²) in [5, 5.41) is 9.24. The first-order chi connectivity index (χ1) is 8.40. The first kappa shape index (κ1) is 15.4. The molecule has 0 aliphatic heterocycles.